The number of anilines is 2. The van der Waals surface area contributed by atoms with Crippen LogP contribution < -0.4 is 14.4 Å². The van der Waals surface area contributed by atoms with E-state index in [0.29, 0.717) is 16.5 Å². The van der Waals surface area contributed by atoms with E-state index in [1.54, 1.807) is 12.1 Å². The van der Waals surface area contributed by atoms with Gasteiger partial charge in [-0.2, -0.15) is 0 Å². The van der Waals surface area contributed by atoms with Gasteiger partial charge < -0.3 is 15.2 Å². The van der Waals surface area contributed by atoms with E-state index in [1.807, 2.05) is 0 Å². The van der Waals surface area contributed by atoms with Crippen LogP contribution in [-0.2, 0) is 10.0 Å². The molecule has 32 heavy (non-hydrogen) atoms. The van der Waals surface area contributed by atoms with Gasteiger partial charge in [0.05, 0.1) is 22.7 Å². The first-order valence-corrected chi connectivity index (χ1v) is 11.3. The normalized spacial score (nSPS) is 13.1. The molecule has 0 fully saturated rings. The summed E-state index contributed by atoms with van der Waals surface area (Å²) >= 11 is 5.97. The third kappa shape index (κ3) is 4.25. The Morgan fingerprint density at radius 3 is 2.41 bits per heavy atom. The van der Waals surface area contributed by atoms with Crippen LogP contribution in [0.3, 0.4) is 0 Å². The standard InChI is InChI=1S/C22H17ClN2O6S/c23-16-2-1-3-18(13-16)32(29,30)25-10-11-31-20-9-6-15(12-19(20)25)21(26)24-17-7-4-14(5-8-17)22(27)28/h1-9,12-13H,10-11H2,(H,24,26)(H,27,28). The minimum Gasteiger partial charge on any atom is -0.489 e. The summed E-state index contributed by atoms with van der Waals surface area (Å²) < 4.78 is 33.2. The van der Waals surface area contributed by atoms with Crippen molar-refractivity contribution in [3.63, 3.8) is 0 Å². The van der Waals surface area contributed by atoms with Gasteiger partial charge in [0, 0.05) is 16.3 Å². The van der Waals surface area contributed by atoms with E-state index in [2.05, 4.69) is 5.32 Å². The molecule has 0 radical (unpaired) electrons. The predicted octanol–water partition coefficient (Wildman–Crippen LogP) is 3.88. The van der Waals surface area contributed by atoms with Gasteiger partial charge in [-0.1, -0.05) is 17.7 Å². The SMILES string of the molecule is O=C(O)c1ccc(NC(=O)c2ccc3c(c2)N(S(=O)(=O)c2cccc(Cl)c2)CCO3)cc1. The van der Waals surface area contributed by atoms with Crippen molar-refractivity contribution >= 4 is 44.9 Å². The van der Waals surface area contributed by atoms with Crippen molar-refractivity contribution in [2.45, 2.75) is 4.90 Å². The van der Waals surface area contributed by atoms with Crippen molar-refractivity contribution in [2.24, 2.45) is 0 Å². The summed E-state index contributed by atoms with van der Waals surface area (Å²) in [7, 11) is -3.93. The number of aromatic carboxylic acids is 1. The average molecular weight is 473 g/mol. The quantitative estimate of drug-likeness (QED) is 0.582. The average Bonchev–Trinajstić information content (AvgIpc) is 2.78. The maximum absolute atomic E-state index is 13.2. The fraction of sp³-hybridized carbons (Fsp3) is 0.0909. The zero-order chi connectivity index (χ0) is 22.9. The summed E-state index contributed by atoms with van der Waals surface area (Å²) in [5.74, 6) is -1.22. The Hall–Kier alpha value is -3.56. The van der Waals surface area contributed by atoms with Crippen LogP contribution in [0.1, 0.15) is 20.7 Å². The van der Waals surface area contributed by atoms with Crippen molar-refractivity contribution in [2.75, 3.05) is 22.8 Å². The number of fused-ring (bicyclic) bond motifs is 1. The van der Waals surface area contributed by atoms with Gasteiger partial charge >= 0.3 is 5.97 Å². The number of amides is 1. The molecule has 1 amide bonds. The zero-order valence-corrected chi connectivity index (χ0v) is 18.1. The van der Waals surface area contributed by atoms with E-state index >= 15 is 0 Å². The van der Waals surface area contributed by atoms with Crippen LogP contribution in [0.25, 0.3) is 0 Å². The van der Waals surface area contributed by atoms with Crippen molar-refractivity contribution in [3.8, 4) is 5.75 Å². The second kappa shape index (κ2) is 8.52. The zero-order valence-electron chi connectivity index (χ0n) is 16.5. The number of carboxylic acids is 1. The van der Waals surface area contributed by atoms with E-state index in [9.17, 15) is 18.0 Å². The highest BCUT2D eigenvalue weighted by molar-refractivity contribution is 7.92. The van der Waals surface area contributed by atoms with Crippen molar-refractivity contribution in [1.82, 2.24) is 0 Å². The molecule has 1 aliphatic rings. The molecular weight excluding hydrogens is 456 g/mol. The number of carbonyl (C=O) groups is 2. The van der Waals surface area contributed by atoms with Crippen LogP contribution in [0, 0.1) is 0 Å². The van der Waals surface area contributed by atoms with Crippen LogP contribution in [0.4, 0.5) is 11.4 Å². The maximum Gasteiger partial charge on any atom is 0.335 e. The topological polar surface area (TPSA) is 113 Å². The first kappa shape index (κ1) is 21.7. The number of benzene rings is 3. The first-order chi connectivity index (χ1) is 15.3. The molecule has 0 spiro atoms. The molecule has 0 aliphatic carbocycles. The smallest absolute Gasteiger partial charge is 0.335 e. The molecule has 164 valence electrons. The number of ether oxygens (including phenoxy) is 1. The number of carbonyl (C=O) groups excluding carboxylic acids is 1. The van der Waals surface area contributed by atoms with Gasteiger partial charge in [-0.25, -0.2) is 13.2 Å². The highest BCUT2D eigenvalue weighted by atomic mass is 35.5. The fourth-order valence-electron chi connectivity index (χ4n) is 3.24. The maximum atomic E-state index is 13.2. The molecular formula is C22H17ClN2O6S. The van der Waals surface area contributed by atoms with Gasteiger partial charge in [-0.15, -0.1) is 0 Å². The molecule has 0 aromatic heterocycles. The molecule has 0 atom stereocenters. The highest BCUT2D eigenvalue weighted by Gasteiger charge is 2.31. The van der Waals surface area contributed by atoms with Crippen LogP contribution in [-0.4, -0.2) is 38.6 Å². The van der Waals surface area contributed by atoms with Gasteiger partial charge in [-0.3, -0.25) is 9.10 Å². The molecule has 0 saturated carbocycles. The molecule has 10 heteroatoms. The van der Waals surface area contributed by atoms with Crippen molar-refractivity contribution < 1.29 is 27.9 Å². The Morgan fingerprint density at radius 2 is 1.72 bits per heavy atom. The lowest BCUT2D eigenvalue weighted by atomic mass is 10.1. The lowest BCUT2D eigenvalue weighted by Crippen LogP contribution is -2.38. The Bertz CT molecular complexity index is 1310. The highest BCUT2D eigenvalue weighted by Crippen LogP contribution is 2.36. The molecule has 0 bridgehead atoms. The minimum absolute atomic E-state index is 0.0335. The number of sulfonamides is 1. The van der Waals surface area contributed by atoms with E-state index < -0.39 is 21.9 Å². The molecule has 1 heterocycles. The Kier molecular flexibility index (Phi) is 5.77. The monoisotopic (exact) mass is 472 g/mol. The molecule has 8 nitrogen and oxygen atoms in total. The van der Waals surface area contributed by atoms with Gasteiger partial charge in [0.1, 0.15) is 12.4 Å². The summed E-state index contributed by atoms with van der Waals surface area (Å²) in [5, 5.41) is 11.9. The van der Waals surface area contributed by atoms with E-state index in [4.69, 9.17) is 21.4 Å². The lowest BCUT2D eigenvalue weighted by molar-refractivity contribution is 0.0696. The fourth-order valence-corrected chi connectivity index (χ4v) is 4.99. The summed E-state index contributed by atoms with van der Waals surface area (Å²) in [6, 6.07) is 16.1. The molecule has 0 saturated heterocycles. The van der Waals surface area contributed by atoms with Gasteiger partial charge in [0.2, 0.25) is 0 Å². The molecule has 1 aliphatic heterocycles. The van der Waals surface area contributed by atoms with E-state index in [0.717, 1.165) is 0 Å². The molecule has 0 unspecified atom stereocenters. The molecule has 3 aromatic carbocycles. The Balaban J connectivity index is 1.64. The van der Waals surface area contributed by atoms with Crippen molar-refractivity contribution in [3.05, 3.63) is 82.9 Å². The largest absolute Gasteiger partial charge is 0.489 e. The van der Waals surface area contributed by atoms with Crippen LogP contribution in [0.15, 0.2) is 71.6 Å². The Morgan fingerprint density at radius 1 is 1.00 bits per heavy atom. The number of nitrogens with zero attached hydrogens (tertiary/aromatic N) is 1. The van der Waals surface area contributed by atoms with E-state index in [1.165, 1.54) is 58.9 Å². The van der Waals surface area contributed by atoms with Gasteiger partial charge in [0.15, 0.2) is 0 Å². The predicted molar refractivity (Wildman–Crippen MR) is 119 cm³/mol. The number of nitrogens with one attached hydrogen (secondary N) is 1. The minimum atomic E-state index is -3.93. The number of rotatable bonds is 5. The second-order valence-corrected chi connectivity index (χ2v) is 9.20. The van der Waals surface area contributed by atoms with E-state index in [-0.39, 0.29) is 34.9 Å². The third-order valence-electron chi connectivity index (χ3n) is 4.82. The first-order valence-electron chi connectivity index (χ1n) is 9.45. The molecule has 4 rings (SSSR count). The number of hydrogen-bond acceptors (Lipinski definition) is 5. The number of hydrogen-bond donors (Lipinski definition) is 2. The molecule has 3 aromatic rings. The van der Waals surface area contributed by atoms with Crippen LogP contribution in [0.2, 0.25) is 5.02 Å². The summed E-state index contributed by atoms with van der Waals surface area (Å²) in [6.07, 6.45) is 0. The molecule has 2 N–H and O–H groups in total. The summed E-state index contributed by atoms with van der Waals surface area (Å²) in [5.41, 5.74) is 0.945. The lowest BCUT2D eigenvalue weighted by Gasteiger charge is -2.30. The number of carboxylic acid groups (broad SMARTS) is 1. The summed E-state index contributed by atoms with van der Waals surface area (Å²) in [4.78, 5) is 23.7. The Labute approximate surface area is 189 Å². The third-order valence-corrected chi connectivity index (χ3v) is 6.86. The van der Waals surface area contributed by atoms with Gasteiger partial charge in [0.25, 0.3) is 15.9 Å². The van der Waals surface area contributed by atoms with Gasteiger partial charge in [-0.05, 0) is 60.7 Å². The number of halogens is 1. The van der Waals surface area contributed by atoms with Crippen LogP contribution in [0.5, 0.6) is 5.75 Å². The second-order valence-electron chi connectivity index (χ2n) is 6.90. The van der Waals surface area contributed by atoms with Crippen molar-refractivity contribution in [1.29, 1.82) is 0 Å². The summed E-state index contributed by atoms with van der Waals surface area (Å²) in [6.45, 7) is 0.234. The van der Waals surface area contributed by atoms with Crippen LogP contribution >= 0.6 is 11.6 Å².